The summed E-state index contributed by atoms with van der Waals surface area (Å²) in [7, 11) is 0. The summed E-state index contributed by atoms with van der Waals surface area (Å²) in [6.45, 7) is 0. The Morgan fingerprint density at radius 3 is 1.82 bits per heavy atom. The maximum atomic E-state index is 13.8. The van der Waals surface area contributed by atoms with Crippen molar-refractivity contribution in [3.8, 4) is 0 Å². The second-order valence-electron chi connectivity index (χ2n) is 6.23. The summed E-state index contributed by atoms with van der Waals surface area (Å²) in [6.07, 6.45) is 0.248. The van der Waals surface area contributed by atoms with Crippen LogP contribution in [-0.2, 0) is 22.4 Å². The number of carbonyl (C=O) groups is 2. The average Bonchev–Trinajstić information content (AvgIpc) is 2.66. The maximum Gasteiger partial charge on any atom is 0.228 e. The molecule has 2 N–H and O–H groups in total. The molecule has 0 bridgehead atoms. The van der Waals surface area contributed by atoms with Gasteiger partial charge in [0.15, 0.2) is 0 Å². The zero-order valence-corrected chi connectivity index (χ0v) is 15.7. The summed E-state index contributed by atoms with van der Waals surface area (Å²) in [5, 5.41) is 5.31. The maximum absolute atomic E-state index is 13.8. The number of hydrogen-bond acceptors (Lipinski definition) is 2. The van der Waals surface area contributed by atoms with Crippen molar-refractivity contribution in [1.82, 2.24) is 0 Å². The highest BCUT2D eigenvalue weighted by atomic mass is 35.5. The van der Waals surface area contributed by atoms with Crippen molar-refractivity contribution in [3.63, 3.8) is 0 Å². The van der Waals surface area contributed by atoms with Crippen LogP contribution in [0.4, 0.5) is 15.8 Å². The van der Waals surface area contributed by atoms with Crippen LogP contribution in [0.2, 0.25) is 5.02 Å². The van der Waals surface area contributed by atoms with Crippen molar-refractivity contribution in [2.24, 2.45) is 0 Å². The molecule has 0 saturated carbocycles. The predicted molar refractivity (Wildman–Crippen MR) is 109 cm³/mol. The normalized spacial score (nSPS) is 10.4. The number of anilines is 2. The minimum Gasteiger partial charge on any atom is -0.324 e. The summed E-state index contributed by atoms with van der Waals surface area (Å²) >= 11 is 6.12. The number of halogens is 2. The van der Waals surface area contributed by atoms with Crippen molar-refractivity contribution in [3.05, 3.63) is 94.8 Å². The van der Waals surface area contributed by atoms with Gasteiger partial charge in [-0.05, 0) is 23.3 Å². The van der Waals surface area contributed by atoms with E-state index in [1.54, 1.807) is 0 Å². The van der Waals surface area contributed by atoms with E-state index in [1.807, 2.05) is 60.7 Å². The Bertz CT molecular complexity index is 979. The van der Waals surface area contributed by atoms with Gasteiger partial charge in [0, 0.05) is 0 Å². The Hall–Kier alpha value is -3.18. The number of hydrogen-bond donors (Lipinski definition) is 2. The van der Waals surface area contributed by atoms with Crippen LogP contribution < -0.4 is 10.6 Å². The topological polar surface area (TPSA) is 58.2 Å². The second-order valence-corrected chi connectivity index (χ2v) is 6.64. The smallest absolute Gasteiger partial charge is 0.228 e. The number of rotatable bonds is 6. The molecule has 0 aliphatic carbocycles. The lowest BCUT2D eigenvalue weighted by atomic mass is 10.1. The molecule has 6 heteroatoms. The van der Waals surface area contributed by atoms with Gasteiger partial charge in [0.1, 0.15) is 5.82 Å². The lowest BCUT2D eigenvalue weighted by Crippen LogP contribution is -2.19. The zero-order chi connectivity index (χ0) is 19.9. The Morgan fingerprint density at radius 2 is 1.29 bits per heavy atom. The predicted octanol–water partition coefficient (Wildman–Crippen LogP) is 4.84. The lowest BCUT2D eigenvalue weighted by molar-refractivity contribution is -0.116. The molecule has 0 radical (unpaired) electrons. The van der Waals surface area contributed by atoms with Crippen LogP contribution in [0.15, 0.2) is 72.8 Å². The van der Waals surface area contributed by atoms with Gasteiger partial charge in [-0.25, -0.2) is 4.39 Å². The van der Waals surface area contributed by atoms with Gasteiger partial charge < -0.3 is 10.6 Å². The summed E-state index contributed by atoms with van der Waals surface area (Å²) in [5.41, 5.74) is 1.93. The molecule has 0 aliphatic heterocycles. The van der Waals surface area contributed by atoms with E-state index in [9.17, 15) is 14.0 Å². The van der Waals surface area contributed by atoms with E-state index in [2.05, 4.69) is 10.6 Å². The van der Waals surface area contributed by atoms with Gasteiger partial charge in [-0.1, -0.05) is 72.3 Å². The SMILES string of the molecule is O=C(Cc1ccccc1)Nc1cc(F)cc(Cl)c1NC(=O)Cc1ccccc1. The number of carbonyl (C=O) groups excluding carboxylic acids is 2. The lowest BCUT2D eigenvalue weighted by Gasteiger charge is -2.14. The summed E-state index contributed by atoms with van der Waals surface area (Å²) in [6, 6.07) is 20.6. The highest BCUT2D eigenvalue weighted by molar-refractivity contribution is 6.34. The monoisotopic (exact) mass is 396 g/mol. The second kappa shape index (κ2) is 9.15. The highest BCUT2D eigenvalue weighted by Crippen LogP contribution is 2.32. The summed E-state index contributed by atoms with van der Waals surface area (Å²) in [5.74, 6) is -1.27. The number of amides is 2. The Labute approximate surface area is 167 Å². The fraction of sp³-hybridized carbons (Fsp3) is 0.0909. The molecule has 4 nitrogen and oxygen atoms in total. The van der Waals surface area contributed by atoms with E-state index in [-0.39, 0.29) is 41.1 Å². The molecule has 28 heavy (non-hydrogen) atoms. The van der Waals surface area contributed by atoms with Crippen LogP contribution >= 0.6 is 11.6 Å². The van der Waals surface area contributed by atoms with Gasteiger partial charge in [0.05, 0.1) is 29.2 Å². The van der Waals surface area contributed by atoms with E-state index in [0.717, 1.165) is 23.3 Å². The van der Waals surface area contributed by atoms with Crippen molar-refractivity contribution in [2.45, 2.75) is 12.8 Å². The molecule has 0 saturated heterocycles. The molecule has 3 rings (SSSR count). The standard InChI is InChI=1S/C22H18ClFN2O2/c23-18-13-17(24)14-19(25-20(27)11-15-7-3-1-4-8-15)22(18)26-21(28)12-16-9-5-2-6-10-16/h1-10,13-14H,11-12H2,(H,25,27)(H,26,28). The van der Waals surface area contributed by atoms with Crippen LogP contribution in [0.1, 0.15) is 11.1 Å². The van der Waals surface area contributed by atoms with Gasteiger partial charge in [-0.15, -0.1) is 0 Å². The highest BCUT2D eigenvalue weighted by Gasteiger charge is 2.16. The molecule has 3 aromatic rings. The largest absolute Gasteiger partial charge is 0.324 e. The average molecular weight is 397 g/mol. The Balaban J connectivity index is 1.75. The first-order chi connectivity index (χ1) is 13.5. The first-order valence-corrected chi connectivity index (χ1v) is 9.05. The molecular formula is C22H18ClFN2O2. The molecule has 0 heterocycles. The molecule has 0 atom stereocenters. The minimum atomic E-state index is -0.610. The van der Waals surface area contributed by atoms with Gasteiger partial charge >= 0.3 is 0 Å². The molecule has 0 fully saturated rings. The third kappa shape index (κ3) is 5.41. The molecular weight excluding hydrogens is 379 g/mol. The van der Waals surface area contributed by atoms with E-state index in [1.165, 1.54) is 0 Å². The number of benzene rings is 3. The molecule has 0 aliphatic rings. The van der Waals surface area contributed by atoms with E-state index < -0.39 is 5.82 Å². The van der Waals surface area contributed by atoms with Crippen LogP contribution in [0, 0.1) is 5.82 Å². The minimum absolute atomic E-state index is 0.0106. The van der Waals surface area contributed by atoms with Crippen LogP contribution in [0.5, 0.6) is 0 Å². The van der Waals surface area contributed by atoms with E-state index in [4.69, 9.17) is 11.6 Å². The summed E-state index contributed by atoms with van der Waals surface area (Å²) in [4.78, 5) is 24.7. The fourth-order valence-corrected chi connectivity index (χ4v) is 2.99. The van der Waals surface area contributed by atoms with Gasteiger partial charge in [-0.2, -0.15) is 0 Å². The molecule has 2 amide bonds. The molecule has 0 spiro atoms. The third-order valence-corrected chi connectivity index (χ3v) is 4.31. The van der Waals surface area contributed by atoms with Crippen LogP contribution in [0.3, 0.4) is 0 Å². The first kappa shape index (κ1) is 19.6. The van der Waals surface area contributed by atoms with E-state index in [0.29, 0.717) is 0 Å². The molecule has 142 valence electrons. The van der Waals surface area contributed by atoms with Crippen molar-refractivity contribution in [1.29, 1.82) is 0 Å². The molecule has 0 unspecified atom stereocenters. The van der Waals surface area contributed by atoms with Gasteiger partial charge in [-0.3, -0.25) is 9.59 Å². The van der Waals surface area contributed by atoms with E-state index >= 15 is 0 Å². The third-order valence-electron chi connectivity index (χ3n) is 4.01. The first-order valence-electron chi connectivity index (χ1n) is 8.68. The Morgan fingerprint density at radius 1 is 0.786 bits per heavy atom. The number of nitrogens with one attached hydrogen (secondary N) is 2. The Kier molecular flexibility index (Phi) is 6.40. The zero-order valence-electron chi connectivity index (χ0n) is 14.9. The van der Waals surface area contributed by atoms with Crippen molar-refractivity contribution in [2.75, 3.05) is 10.6 Å². The van der Waals surface area contributed by atoms with Crippen LogP contribution in [0.25, 0.3) is 0 Å². The summed E-state index contributed by atoms with van der Waals surface area (Å²) < 4.78 is 13.8. The molecule has 3 aromatic carbocycles. The fourth-order valence-electron chi connectivity index (χ4n) is 2.74. The molecule has 0 aromatic heterocycles. The van der Waals surface area contributed by atoms with Crippen LogP contribution in [-0.4, -0.2) is 11.8 Å². The van der Waals surface area contributed by atoms with Crippen molar-refractivity contribution < 1.29 is 14.0 Å². The quantitative estimate of drug-likeness (QED) is 0.626. The van der Waals surface area contributed by atoms with Gasteiger partial charge in [0.25, 0.3) is 0 Å². The van der Waals surface area contributed by atoms with Crippen molar-refractivity contribution >= 4 is 34.8 Å². The van der Waals surface area contributed by atoms with Gasteiger partial charge in [0.2, 0.25) is 11.8 Å².